The van der Waals surface area contributed by atoms with Gasteiger partial charge in [0.05, 0.1) is 12.5 Å². The van der Waals surface area contributed by atoms with Crippen LogP contribution >= 0.6 is 11.6 Å². The van der Waals surface area contributed by atoms with Crippen molar-refractivity contribution in [1.29, 1.82) is 5.26 Å². The molecule has 29 heavy (non-hydrogen) atoms. The number of halogens is 1. The molecule has 2 aromatic carbocycles. The highest BCUT2D eigenvalue weighted by atomic mass is 35.5. The number of rotatable bonds is 9. The molecule has 0 atom stereocenters. The summed E-state index contributed by atoms with van der Waals surface area (Å²) in [4.78, 5) is 26.5. The number of amides is 2. The number of anilines is 1. The van der Waals surface area contributed by atoms with Crippen LogP contribution in [0, 0.1) is 11.3 Å². The second-order valence-corrected chi connectivity index (χ2v) is 7.90. The van der Waals surface area contributed by atoms with E-state index in [1.54, 1.807) is 4.90 Å². The van der Waals surface area contributed by atoms with Crippen molar-refractivity contribution in [2.24, 2.45) is 0 Å². The molecular weight excluding hydrogens is 386 g/mol. The summed E-state index contributed by atoms with van der Waals surface area (Å²) in [6.07, 6.45) is 0.421. The van der Waals surface area contributed by atoms with Gasteiger partial charge in [-0.25, -0.2) is 0 Å². The molecule has 0 aliphatic carbocycles. The summed E-state index contributed by atoms with van der Waals surface area (Å²) >= 11 is 6.06. The zero-order chi connectivity index (χ0) is 21.3. The first-order valence-corrected chi connectivity index (χ1v) is 9.96. The second-order valence-electron chi connectivity index (χ2n) is 7.46. The van der Waals surface area contributed by atoms with Crippen LogP contribution < -0.4 is 10.2 Å². The number of para-hydroxylation sites is 1. The van der Waals surface area contributed by atoms with Crippen molar-refractivity contribution < 1.29 is 9.59 Å². The summed E-state index contributed by atoms with van der Waals surface area (Å²) in [5, 5.41) is 12.4. The first kappa shape index (κ1) is 22.4. The first-order chi connectivity index (χ1) is 13.8. The molecule has 2 aromatic rings. The maximum Gasteiger partial charge on any atom is 0.227 e. The van der Waals surface area contributed by atoms with Gasteiger partial charge in [0.15, 0.2) is 0 Å². The molecule has 6 heteroatoms. The van der Waals surface area contributed by atoms with Gasteiger partial charge in [-0.3, -0.25) is 9.59 Å². The van der Waals surface area contributed by atoms with E-state index in [1.165, 1.54) is 0 Å². The highest BCUT2D eigenvalue weighted by molar-refractivity contribution is 6.30. The lowest BCUT2D eigenvalue weighted by Gasteiger charge is -2.26. The van der Waals surface area contributed by atoms with E-state index >= 15 is 0 Å². The van der Waals surface area contributed by atoms with Crippen LogP contribution in [-0.4, -0.2) is 24.9 Å². The fraction of sp³-hybridized carbons (Fsp3) is 0.348. The summed E-state index contributed by atoms with van der Waals surface area (Å²) in [7, 11) is 0. The van der Waals surface area contributed by atoms with Crippen LogP contribution in [0.2, 0.25) is 5.02 Å². The van der Waals surface area contributed by atoms with Crippen molar-refractivity contribution in [2.75, 3.05) is 18.0 Å². The van der Waals surface area contributed by atoms with E-state index in [0.717, 1.165) is 11.3 Å². The van der Waals surface area contributed by atoms with Gasteiger partial charge in [-0.05, 0) is 29.8 Å². The molecule has 5 nitrogen and oxygen atoms in total. The number of carbonyl (C=O) groups excluding carboxylic acids is 2. The Hall–Kier alpha value is -2.84. The smallest absolute Gasteiger partial charge is 0.227 e. The average Bonchev–Trinajstić information content (AvgIpc) is 2.72. The molecule has 0 bridgehead atoms. The highest BCUT2D eigenvalue weighted by Gasteiger charge is 2.22. The van der Waals surface area contributed by atoms with Gasteiger partial charge in [-0.2, -0.15) is 5.26 Å². The molecule has 0 saturated carbocycles. The fourth-order valence-electron chi connectivity index (χ4n) is 2.94. The molecular formula is C23H26ClN3O2. The third kappa shape index (κ3) is 6.92. The summed E-state index contributed by atoms with van der Waals surface area (Å²) in [6.45, 7) is 4.81. The van der Waals surface area contributed by atoms with Crippen molar-refractivity contribution >= 4 is 29.1 Å². The predicted octanol–water partition coefficient (Wildman–Crippen LogP) is 4.46. The first-order valence-electron chi connectivity index (χ1n) is 9.58. The number of nitrogens with zero attached hydrogens (tertiary/aromatic N) is 2. The monoisotopic (exact) mass is 411 g/mol. The average molecular weight is 412 g/mol. The third-order valence-corrected chi connectivity index (χ3v) is 4.95. The predicted molar refractivity (Wildman–Crippen MR) is 116 cm³/mol. The molecule has 2 rings (SSSR count). The molecule has 1 N–H and O–H groups in total. The number of nitrogens with one attached hydrogen (secondary N) is 1. The molecule has 0 unspecified atom stereocenters. The Morgan fingerprint density at radius 3 is 2.48 bits per heavy atom. The van der Waals surface area contributed by atoms with Gasteiger partial charge in [0.2, 0.25) is 11.8 Å². The SMILES string of the molecule is CC(C)(CNC(=O)CCC(=O)N(CCC#N)c1ccccc1)c1cccc(Cl)c1. The molecule has 152 valence electrons. The lowest BCUT2D eigenvalue weighted by molar-refractivity contribution is -0.125. The molecule has 0 heterocycles. The van der Waals surface area contributed by atoms with Crippen LogP contribution in [0.1, 0.15) is 38.7 Å². The standard InChI is InChI=1S/C23H26ClN3O2/c1-23(2,18-8-6-9-19(24)16-18)17-26-21(28)12-13-22(29)27(15-7-14-25)20-10-4-3-5-11-20/h3-6,8-11,16H,7,12-13,15,17H2,1-2H3,(H,26,28). The number of carbonyl (C=O) groups is 2. The minimum absolute atomic E-state index is 0.0871. The number of benzene rings is 2. The van der Waals surface area contributed by atoms with Crippen molar-refractivity contribution in [1.82, 2.24) is 5.32 Å². The van der Waals surface area contributed by atoms with E-state index < -0.39 is 0 Å². The largest absolute Gasteiger partial charge is 0.355 e. The van der Waals surface area contributed by atoms with Gasteiger partial charge in [0, 0.05) is 42.1 Å². The van der Waals surface area contributed by atoms with E-state index in [0.29, 0.717) is 18.1 Å². The number of hydrogen-bond donors (Lipinski definition) is 1. The molecule has 0 fully saturated rings. The van der Waals surface area contributed by atoms with Crippen molar-refractivity contribution in [2.45, 2.75) is 38.5 Å². The van der Waals surface area contributed by atoms with Gasteiger partial charge in [0.1, 0.15) is 0 Å². The van der Waals surface area contributed by atoms with Crippen molar-refractivity contribution in [3.05, 3.63) is 65.2 Å². The number of hydrogen-bond acceptors (Lipinski definition) is 3. The normalized spacial score (nSPS) is 10.8. The minimum atomic E-state index is -0.284. The zero-order valence-electron chi connectivity index (χ0n) is 16.8. The Labute approximate surface area is 177 Å². The zero-order valence-corrected chi connectivity index (χ0v) is 17.6. The fourth-order valence-corrected chi connectivity index (χ4v) is 3.13. The van der Waals surface area contributed by atoms with Gasteiger partial charge in [0.25, 0.3) is 0 Å². The van der Waals surface area contributed by atoms with E-state index in [2.05, 4.69) is 11.4 Å². The van der Waals surface area contributed by atoms with E-state index in [4.69, 9.17) is 16.9 Å². The van der Waals surface area contributed by atoms with Crippen LogP contribution in [0.25, 0.3) is 0 Å². The Morgan fingerprint density at radius 2 is 1.83 bits per heavy atom. The highest BCUT2D eigenvalue weighted by Crippen LogP contribution is 2.25. The maximum atomic E-state index is 12.6. The Bertz CT molecular complexity index is 875. The van der Waals surface area contributed by atoms with Gasteiger partial charge >= 0.3 is 0 Å². The second kappa shape index (κ2) is 10.6. The Kier molecular flexibility index (Phi) is 8.23. The Morgan fingerprint density at radius 1 is 1.10 bits per heavy atom. The molecule has 0 spiro atoms. The van der Waals surface area contributed by atoms with Crippen LogP contribution in [0.3, 0.4) is 0 Å². The topological polar surface area (TPSA) is 73.2 Å². The van der Waals surface area contributed by atoms with E-state index in [9.17, 15) is 9.59 Å². The lowest BCUT2D eigenvalue weighted by Crippen LogP contribution is -2.38. The van der Waals surface area contributed by atoms with Gasteiger partial charge < -0.3 is 10.2 Å². The molecule has 0 aliphatic rings. The van der Waals surface area contributed by atoms with Crippen LogP contribution in [0.15, 0.2) is 54.6 Å². The number of nitriles is 1. The summed E-state index contributed by atoms with van der Waals surface area (Å²) in [6, 6.07) is 18.8. The van der Waals surface area contributed by atoms with Crippen LogP contribution in [-0.2, 0) is 15.0 Å². The summed E-state index contributed by atoms with van der Waals surface area (Å²) in [5.74, 6) is -0.350. The molecule has 0 saturated heterocycles. The van der Waals surface area contributed by atoms with Crippen molar-refractivity contribution in [3.8, 4) is 6.07 Å². The third-order valence-electron chi connectivity index (χ3n) is 4.72. The van der Waals surface area contributed by atoms with Crippen molar-refractivity contribution in [3.63, 3.8) is 0 Å². The summed E-state index contributed by atoms with van der Waals surface area (Å²) < 4.78 is 0. The Balaban J connectivity index is 1.90. The maximum absolute atomic E-state index is 12.6. The van der Waals surface area contributed by atoms with Gasteiger partial charge in [-0.15, -0.1) is 0 Å². The molecule has 0 radical (unpaired) electrons. The molecule has 2 amide bonds. The lowest BCUT2D eigenvalue weighted by atomic mass is 9.84. The van der Waals surface area contributed by atoms with E-state index in [1.807, 2.05) is 68.4 Å². The minimum Gasteiger partial charge on any atom is -0.355 e. The van der Waals surface area contributed by atoms with Crippen LogP contribution in [0.5, 0.6) is 0 Å². The molecule has 0 aromatic heterocycles. The van der Waals surface area contributed by atoms with Gasteiger partial charge in [-0.1, -0.05) is 55.8 Å². The molecule has 0 aliphatic heterocycles. The van der Waals surface area contributed by atoms with Crippen LogP contribution in [0.4, 0.5) is 5.69 Å². The van der Waals surface area contributed by atoms with E-state index in [-0.39, 0.29) is 36.5 Å². The quantitative estimate of drug-likeness (QED) is 0.661. The summed E-state index contributed by atoms with van der Waals surface area (Å²) in [5.41, 5.74) is 1.48.